The van der Waals surface area contributed by atoms with Gasteiger partial charge < -0.3 is 20.0 Å². The normalized spacial score (nSPS) is 27.5. The van der Waals surface area contributed by atoms with Crippen LogP contribution in [-0.4, -0.2) is 77.4 Å². The number of fused-ring (bicyclic) bond motifs is 4. The summed E-state index contributed by atoms with van der Waals surface area (Å²) < 4.78 is 0. The van der Waals surface area contributed by atoms with Crippen LogP contribution in [0.15, 0.2) is 24.3 Å². The van der Waals surface area contributed by atoms with Crippen LogP contribution in [0, 0.1) is 23.2 Å². The van der Waals surface area contributed by atoms with Crippen molar-refractivity contribution in [2.75, 3.05) is 32.7 Å². The summed E-state index contributed by atoms with van der Waals surface area (Å²) in [5.74, 6) is 0.941. The molecule has 4 saturated heterocycles. The van der Waals surface area contributed by atoms with Crippen LogP contribution in [0.4, 0.5) is 4.79 Å². The van der Waals surface area contributed by atoms with E-state index in [0.29, 0.717) is 54.4 Å². The minimum absolute atomic E-state index is 0.0414. The molecule has 5 rings (SSSR count). The number of nitrogens with one attached hydrogen (secondary N) is 1. The van der Waals surface area contributed by atoms with Crippen LogP contribution in [-0.2, 0) is 4.79 Å². The zero-order chi connectivity index (χ0) is 22.9. The Kier molecular flexibility index (Phi) is 5.96. The first kappa shape index (κ1) is 21.7. The van der Waals surface area contributed by atoms with E-state index < -0.39 is 0 Å². The Morgan fingerprint density at radius 1 is 1.00 bits per heavy atom. The van der Waals surface area contributed by atoms with Gasteiger partial charge in [0.2, 0.25) is 5.91 Å². The van der Waals surface area contributed by atoms with Crippen LogP contribution < -0.4 is 5.32 Å². The lowest BCUT2D eigenvalue weighted by atomic mass is 9.76. The molecule has 174 valence electrons. The number of nitriles is 1. The van der Waals surface area contributed by atoms with Crippen LogP contribution in [0.5, 0.6) is 0 Å². The Balaban J connectivity index is 1.13. The van der Waals surface area contributed by atoms with E-state index >= 15 is 0 Å². The highest BCUT2D eigenvalue weighted by Gasteiger charge is 2.45. The number of likely N-dealkylation sites (tertiary alicyclic amines) is 2. The van der Waals surface area contributed by atoms with Crippen molar-refractivity contribution in [3.63, 3.8) is 0 Å². The molecule has 4 amide bonds. The first-order chi connectivity index (χ1) is 16.0. The predicted octanol–water partition coefficient (Wildman–Crippen LogP) is 2.21. The highest BCUT2D eigenvalue weighted by molar-refractivity contribution is 5.94. The number of piperidine rings is 4. The number of hydrogen-bond donors (Lipinski definition) is 1. The van der Waals surface area contributed by atoms with Gasteiger partial charge in [-0.05, 0) is 68.2 Å². The van der Waals surface area contributed by atoms with Gasteiger partial charge in [0.1, 0.15) is 0 Å². The standard InChI is InChI=1S/C25H31N5O3/c26-13-17-4-6-19(7-5-17)24(32)27-21-8-10-28(11-9-21)25(33)29-14-18-12-20(16-29)22-2-1-3-23(31)30(22)15-18/h4-7,18,20-22H,1-3,8-12,14-16H2,(H,27,32)/t18?,20?,22-/m1/s1. The van der Waals surface area contributed by atoms with E-state index in [1.165, 1.54) is 0 Å². The van der Waals surface area contributed by atoms with Gasteiger partial charge in [-0.1, -0.05) is 0 Å². The van der Waals surface area contributed by atoms with Crippen molar-refractivity contribution < 1.29 is 14.4 Å². The van der Waals surface area contributed by atoms with Crippen molar-refractivity contribution in [2.24, 2.45) is 11.8 Å². The first-order valence-corrected chi connectivity index (χ1v) is 12.2. The lowest BCUT2D eigenvalue weighted by molar-refractivity contribution is -0.144. The van der Waals surface area contributed by atoms with Gasteiger partial charge in [0.25, 0.3) is 5.91 Å². The Hall–Kier alpha value is -3.08. The summed E-state index contributed by atoms with van der Waals surface area (Å²) in [4.78, 5) is 44.2. The molecule has 0 spiro atoms. The maximum atomic E-state index is 13.3. The zero-order valence-electron chi connectivity index (χ0n) is 18.9. The molecule has 1 N–H and O–H groups in total. The molecule has 4 aliphatic rings. The van der Waals surface area contributed by atoms with E-state index in [9.17, 15) is 14.4 Å². The van der Waals surface area contributed by atoms with Crippen LogP contribution in [0.25, 0.3) is 0 Å². The largest absolute Gasteiger partial charge is 0.349 e. The molecule has 4 aliphatic heterocycles. The van der Waals surface area contributed by atoms with Crippen molar-refractivity contribution in [1.29, 1.82) is 5.26 Å². The summed E-state index contributed by atoms with van der Waals surface area (Å²) in [6.07, 6.45) is 5.31. The molecule has 1 aromatic rings. The number of benzene rings is 1. The summed E-state index contributed by atoms with van der Waals surface area (Å²) in [6, 6.07) is 9.14. The van der Waals surface area contributed by atoms with E-state index in [2.05, 4.69) is 16.3 Å². The molecule has 0 aliphatic carbocycles. The molecule has 2 unspecified atom stereocenters. The molecule has 0 aromatic heterocycles. The highest BCUT2D eigenvalue weighted by atomic mass is 16.2. The van der Waals surface area contributed by atoms with Gasteiger partial charge in [0.15, 0.2) is 0 Å². The topological polar surface area (TPSA) is 96.7 Å². The van der Waals surface area contributed by atoms with E-state index in [1.54, 1.807) is 24.3 Å². The number of carbonyl (C=O) groups excluding carboxylic acids is 3. The van der Waals surface area contributed by atoms with Crippen LogP contribution >= 0.6 is 0 Å². The molecular formula is C25H31N5O3. The second kappa shape index (κ2) is 9.05. The molecule has 0 saturated carbocycles. The maximum Gasteiger partial charge on any atom is 0.320 e. The lowest BCUT2D eigenvalue weighted by Gasteiger charge is -2.53. The third-order valence-electron chi connectivity index (χ3n) is 7.83. The van der Waals surface area contributed by atoms with E-state index in [1.807, 2.05) is 9.80 Å². The monoisotopic (exact) mass is 449 g/mol. The van der Waals surface area contributed by atoms with Crippen LogP contribution in [0.2, 0.25) is 0 Å². The molecule has 4 fully saturated rings. The maximum absolute atomic E-state index is 13.3. The quantitative estimate of drug-likeness (QED) is 0.749. The van der Waals surface area contributed by atoms with Gasteiger partial charge in [0, 0.05) is 56.8 Å². The van der Waals surface area contributed by atoms with Crippen molar-refractivity contribution in [2.45, 2.75) is 50.6 Å². The molecule has 2 bridgehead atoms. The second-order valence-corrected chi connectivity index (χ2v) is 9.98. The number of hydrogen-bond acceptors (Lipinski definition) is 4. The fourth-order valence-corrected chi connectivity index (χ4v) is 6.15. The van der Waals surface area contributed by atoms with Gasteiger partial charge in [-0.2, -0.15) is 5.26 Å². The number of urea groups is 1. The van der Waals surface area contributed by atoms with Crippen LogP contribution in [0.1, 0.15) is 54.4 Å². The fourth-order valence-electron chi connectivity index (χ4n) is 6.15. The zero-order valence-corrected chi connectivity index (χ0v) is 18.9. The predicted molar refractivity (Wildman–Crippen MR) is 121 cm³/mol. The number of rotatable bonds is 2. The Morgan fingerprint density at radius 2 is 1.76 bits per heavy atom. The van der Waals surface area contributed by atoms with Crippen molar-refractivity contribution in [1.82, 2.24) is 20.0 Å². The molecular weight excluding hydrogens is 418 g/mol. The third-order valence-corrected chi connectivity index (χ3v) is 7.83. The molecule has 0 radical (unpaired) electrons. The van der Waals surface area contributed by atoms with Gasteiger partial charge in [-0.15, -0.1) is 0 Å². The first-order valence-electron chi connectivity index (χ1n) is 12.2. The summed E-state index contributed by atoms with van der Waals surface area (Å²) in [7, 11) is 0. The Bertz CT molecular complexity index is 963. The number of nitrogens with zero attached hydrogens (tertiary/aromatic N) is 4. The number of carbonyl (C=O) groups is 3. The van der Waals surface area contributed by atoms with E-state index in [4.69, 9.17) is 5.26 Å². The summed E-state index contributed by atoms with van der Waals surface area (Å²) >= 11 is 0. The fraction of sp³-hybridized carbons (Fsp3) is 0.600. The van der Waals surface area contributed by atoms with Crippen molar-refractivity contribution in [3.8, 4) is 6.07 Å². The smallest absolute Gasteiger partial charge is 0.320 e. The molecule has 8 nitrogen and oxygen atoms in total. The molecule has 4 heterocycles. The second-order valence-electron chi connectivity index (χ2n) is 9.98. The minimum atomic E-state index is -0.139. The van der Waals surface area contributed by atoms with Gasteiger partial charge >= 0.3 is 6.03 Å². The van der Waals surface area contributed by atoms with Crippen molar-refractivity contribution in [3.05, 3.63) is 35.4 Å². The lowest BCUT2D eigenvalue weighted by Crippen LogP contribution is -2.62. The molecule has 3 atom stereocenters. The Labute approximate surface area is 194 Å². The minimum Gasteiger partial charge on any atom is -0.349 e. The average Bonchev–Trinajstić information content (AvgIpc) is 2.84. The van der Waals surface area contributed by atoms with Crippen molar-refractivity contribution >= 4 is 17.8 Å². The van der Waals surface area contributed by atoms with Gasteiger partial charge in [0.05, 0.1) is 11.6 Å². The number of amides is 4. The molecule has 33 heavy (non-hydrogen) atoms. The molecule has 8 heteroatoms. The summed E-state index contributed by atoms with van der Waals surface area (Å²) in [6.45, 7) is 3.56. The van der Waals surface area contributed by atoms with Gasteiger partial charge in [-0.3, -0.25) is 9.59 Å². The van der Waals surface area contributed by atoms with E-state index in [-0.39, 0.29) is 18.0 Å². The van der Waals surface area contributed by atoms with E-state index in [0.717, 1.165) is 51.7 Å². The summed E-state index contributed by atoms with van der Waals surface area (Å²) in [5, 5.41) is 12.0. The highest BCUT2D eigenvalue weighted by Crippen LogP contribution is 2.38. The average molecular weight is 450 g/mol. The molecule has 1 aromatic carbocycles. The third kappa shape index (κ3) is 4.41. The van der Waals surface area contributed by atoms with Crippen LogP contribution in [0.3, 0.4) is 0 Å². The van der Waals surface area contributed by atoms with Gasteiger partial charge in [-0.25, -0.2) is 4.79 Å². The SMILES string of the molecule is N#Cc1ccc(C(=O)NC2CCN(C(=O)N3CC4CC(C3)[C@H]3CCCC(=O)N3C4)CC2)cc1. The Morgan fingerprint density at radius 3 is 2.48 bits per heavy atom. The summed E-state index contributed by atoms with van der Waals surface area (Å²) in [5.41, 5.74) is 1.07.